The molecule has 1 aliphatic rings. The highest BCUT2D eigenvalue weighted by Crippen LogP contribution is 2.34. The molecule has 30 heavy (non-hydrogen) atoms. The van der Waals surface area contributed by atoms with Crippen LogP contribution < -0.4 is 0 Å². The van der Waals surface area contributed by atoms with Crippen LogP contribution in [0.1, 0.15) is 53.5 Å². The van der Waals surface area contributed by atoms with Gasteiger partial charge in [0.25, 0.3) is 5.89 Å². The van der Waals surface area contributed by atoms with E-state index in [1.807, 2.05) is 0 Å². The molecule has 1 N–H and O–H groups in total. The molecule has 0 saturated heterocycles. The van der Waals surface area contributed by atoms with Crippen LogP contribution in [0.3, 0.4) is 0 Å². The highest BCUT2D eigenvalue weighted by Gasteiger charge is 2.39. The normalized spacial score (nSPS) is 16.8. The maximum Gasteiger partial charge on any atom is 0.312 e. The highest BCUT2D eigenvalue weighted by atomic mass is 19.1. The summed E-state index contributed by atoms with van der Waals surface area (Å²) in [5.74, 6) is -1.61. The number of H-pyrrole nitrogens is 1. The van der Waals surface area contributed by atoms with Crippen LogP contribution in [0.2, 0.25) is 0 Å². The number of aromatic amines is 1. The van der Waals surface area contributed by atoms with E-state index in [9.17, 15) is 13.6 Å². The molecule has 0 aliphatic carbocycles. The summed E-state index contributed by atoms with van der Waals surface area (Å²) < 4.78 is 35.0. The van der Waals surface area contributed by atoms with E-state index in [0.717, 1.165) is 5.69 Å². The second kappa shape index (κ2) is 6.44. The van der Waals surface area contributed by atoms with Gasteiger partial charge in [-0.05, 0) is 32.0 Å². The smallest absolute Gasteiger partial charge is 0.312 e. The topological polar surface area (TPSA) is 105 Å². The van der Waals surface area contributed by atoms with Crippen molar-refractivity contribution in [1.29, 1.82) is 0 Å². The van der Waals surface area contributed by atoms with Gasteiger partial charge in [0.1, 0.15) is 17.4 Å². The zero-order chi connectivity index (χ0) is 21.0. The molecule has 0 fully saturated rings. The molecule has 1 aliphatic heterocycles. The van der Waals surface area contributed by atoms with Gasteiger partial charge in [-0.2, -0.15) is 5.10 Å². The molecule has 1 atom stereocenters. The molecule has 4 aromatic rings. The van der Waals surface area contributed by atoms with Gasteiger partial charge in [0.15, 0.2) is 5.67 Å². The van der Waals surface area contributed by atoms with Crippen molar-refractivity contribution in [1.82, 2.24) is 34.7 Å². The van der Waals surface area contributed by atoms with E-state index in [1.165, 1.54) is 29.3 Å². The van der Waals surface area contributed by atoms with Crippen LogP contribution in [0.5, 0.6) is 0 Å². The molecule has 5 rings (SSSR count). The summed E-state index contributed by atoms with van der Waals surface area (Å²) in [6.45, 7) is 2.84. The first kappa shape index (κ1) is 18.4. The summed E-state index contributed by atoms with van der Waals surface area (Å²) in [5.41, 5.74) is 0.303. The zero-order valence-corrected chi connectivity index (χ0v) is 16.1. The molecule has 154 valence electrons. The van der Waals surface area contributed by atoms with E-state index >= 15 is 0 Å². The lowest BCUT2D eigenvalue weighted by Gasteiger charge is -2.32. The first-order valence-electron chi connectivity index (χ1n) is 9.33. The molecule has 0 radical (unpaired) electrons. The third kappa shape index (κ3) is 2.85. The third-order valence-corrected chi connectivity index (χ3v) is 5.05. The summed E-state index contributed by atoms with van der Waals surface area (Å²) in [4.78, 5) is 22.1. The number of nitrogens with one attached hydrogen (secondary N) is 1. The van der Waals surface area contributed by atoms with Crippen molar-refractivity contribution in [2.24, 2.45) is 0 Å². The minimum Gasteiger partial charge on any atom is -0.413 e. The van der Waals surface area contributed by atoms with Gasteiger partial charge in [0.05, 0.1) is 17.7 Å². The predicted molar refractivity (Wildman–Crippen MR) is 98.8 cm³/mol. The summed E-state index contributed by atoms with van der Waals surface area (Å²) in [6.07, 6.45) is 3.68. The second-order valence-corrected chi connectivity index (χ2v) is 7.56. The molecule has 0 unspecified atom stereocenters. The van der Waals surface area contributed by atoms with Crippen LogP contribution in [-0.2, 0) is 12.1 Å². The number of carbonyl (C=O) groups is 1. The fraction of sp³-hybridized carbons (Fsp3) is 0.316. The van der Waals surface area contributed by atoms with Crippen LogP contribution >= 0.6 is 0 Å². The number of aromatic nitrogens is 6. The monoisotopic (exact) mass is 413 g/mol. The van der Waals surface area contributed by atoms with Gasteiger partial charge in [-0.3, -0.25) is 4.79 Å². The fourth-order valence-corrected chi connectivity index (χ4v) is 3.60. The van der Waals surface area contributed by atoms with Gasteiger partial charge in [-0.25, -0.2) is 18.3 Å². The number of pyridine rings is 1. The summed E-state index contributed by atoms with van der Waals surface area (Å²) in [7, 11) is 0. The molecule has 11 heteroatoms. The molecule has 4 aromatic heterocycles. The largest absolute Gasteiger partial charge is 0.413 e. The first-order valence-corrected chi connectivity index (χ1v) is 9.33. The molecule has 0 aromatic carbocycles. The van der Waals surface area contributed by atoms with Crippen LogP contribution in [0.4, 0.5) is 8.78 Å². The van der Waals surface area contributed by atoms with E-state index in [0.29, 0.717) is 24.4 Å². The van der Waals surface area contributed by atoms with Gasteiger partial charge < -0.3 is 14.3 Å². The number of nitrogens with zero attached hydrogens (tertiary/aromatic N) is 6. The molecule has 0 bridgehead atoms. The number of hydrogen-bond donors (Lipinski definition) is 1. The molecular formula is C19H17F2N7O2. The van der Waals surface area contributed by atoms with E-state index in [1.54, 1.807) is 24.7 Å². The number of alkyl halides is 1. The van der Waals surface area contributed by atoms with Crippen molar-refractivity contribution in [2.45, 2.75) is 32.0 Å². The van der Waals surface area contributed by atoms with Crippen molar-refractivity contribution in [3.63, 3.8) is 0 Å². The van der Waals surface area contributed by atoms with E-state index < -0.39 is 23.4 Å². The Morgan fingerprint density at radius 3 is 2.93 bits per heavy atom. The number of rotatable bonds is 3. The lowest BCUT2D eigenvalue weighted by molar-refractivity contribution is 0.0636. The van der Waals surface area contributed by atoms with Gasteiger partial charge in [0.2, 0.25) is 0 Å². The van der Waals surface area contributed by atoms with Gasteiger partial charge >= 0.3 is 11.8 Å². The standard InChI is InChI=1S/C19H17F2N7O2/c1-19(2,21)18-25-24-16(30-18)17(29)27-7-5-11-14(23-9-22-11)15(27)12-8-13-10(20)4-3-6-28(13)26-12/h3-4,6,8-9,15H,5,7H2,1-2H3,(H,22,23)/t15-/m1/s1. The lowest BCUT2D eigenvalue weighted by Crippen LogP contribution is -2.41. The van der Waals surface area contributed by atoms with Gasteiger partial charge in [-0.1, -0.05) is 0 Å². The summed E-state index contributed by atoms with van der Waals surface area (Å²) in [5, 5.41) is 11.8. The Labute approximate surface area is 168 Å². The number of hydrogen-bond acceptors (Lipinski definition) is 6. The van der Waals surface area contributed by atoms with Crippen molar-refractivity contribution in [2.75, 3.05) is 6.54 Å². The minimum absolute atomic E-state index is 0.279. The Morgan fingerprint density at radius 1 is 1.37 bits per heavy atom. The van der Waals surface area contributed by atoms with Crippen LogP contribution in [0.15, 0.2) is 35.1 Å². The Hall–Kier alpha value is -3.63. The quantitative estimate of drug-likeness (QED) is 0.554. The third-order valence-electron chi connectivity index (χ3n) is 5.05. The average Bonchev–Trinajstić information content (AvgIpc) is 3.44. The van der Waals surface area contributed by atoms with Crippen molar-refractivity contribution in [3.8, 4) is 0 Å². The first-order chi connectivity index (χ1) is 14.3. The van der Waals surface area contributed by atoms with Gasteiger partial charge in [0, 0.05) is 24.9 Å². The fourth-order valence-electron chi connectivity index (χ4n) is 3.60. The number of imidazole rings is 1. The van der Waals surface area contributed by atoms with Crippen LogP contribution in [0.25, 0.3) is 5.52 Å². The Bertz CT molecular complexity index is 1250. The van der Waals surface area contributed by atoms with Crippen molar-refractivity contribution >= 4 is 11.4 Å². The van der Waals surface area contributed by atoms with Crippen molar-refractivity contribution < 1.29 is 18.0 Å². The number of halogens is 2. The number of carbonyl (C=O) groups excluding carboxylic acids is 1. The lowest BCUT2D eigenvalue weighted by atomic mass is 9.99. The Balaban J connectivity index is 1.59. The average molecular weight is 413 g/mol. The summed E-state index contributed by atoms with van der Waals surface area (Å²) in [6, 6.07) is 3.76. The Morgan fingerprint density at radius 2 is 2.20 bits per heavy atom. The van der Waals surface area contributed by atoms with Gasteiger partial charge in [-0.15, -0.1) is 10.2 Å². The van der Waals surface area contributed by atoms with Crippen LogP contribution in [0, 0.1) is 5.82 Å². The Kier molecular flexibility index (Phi) is 3.95. The predicted octanol–water partition coefficient (Wildman–Crippen LogP) is 2.57. The number of amides is 1. The van der Waals surface area contributed by atoms with E-state index in [2.05, 4.69) is 25.3 Å². The second-order valence-electron chi connectivity index (χ2n) is 7.56. The van der Waals surface area contributed by atoms with Crippen molar-refractivity contribution in [3.05, 3.63) is 65.4 Å². The summed E-state index contributed by atoms with van der Waals surface area (Å²) >= 11 is 0. The van der Waals surface area contributed by atoms with E-state index in [4.69, 9.17) is 4.42 Å². The molecular weight excluding hydrogens is 396 g/mol. The molecule has 0 spiro atoms. The molecule has 5 heterocycles. The minimum atomic E-state index is -1.87. The highest BCUT2D eigenvalue weighted by molar-refractivity contribution is 5.90. The number of fused-ring (bicyclic) bond motifs is 2. The molecule has 1 amide bonds. The van der Waals surface area contributed by atoms with E-state index in [-0.39, 0.29) is 17.3 Å². The maximum absolute atomic E-state index is 14.2. The molecule has 0 saturated carbocycles. The molecule has 9 nitrogen and oxygen atoms in total. The maximum atomic E-state index is 14.2. The van der Waals surface area contributed by atoms with Crippen LogP contribution in [-0.4, -0.2) is 47.1 Å². The zero-order valence-electron chi connectivity index (χ0n) is 16.1. The SMILES string of the molecule is CC(C)(F)c1nnc(C(=O)N2CCc3[nH]cnc3[C@H]2c2cc3c(F)cccn3n2)o1.